The largest absolute Gasteiger partial charge is 0.457 e. The molecule has 6 heteroatoms. The molecule has 0 aliphatic heterocycles. The topological polar surface area (TPSA) is 72.0 Å². The normalized spacial score (nSPS) is 11.0. The molecule has 0 saturated carbocycles. The molecule has 1 heterocycles. The lowest BCUT2D eigenvalue weighted by Gasteiger charge is -2.17. The van der Waals surface area contributed by atoms with Crippen molar-refractivity contribution in [2.45, 2.75) is 12.5 Å². The Morgan fingerprint density at radius 2 is 1.59 bits per heavy atom. The Morgan fingerprint density at radius 1 is 0.966 bits per heavy atom. The van der Waals surface area contributed by atoms with Crippen LogP contribution in [0, 0.1) is 0 Å². The minimum atomic E-state index is -0.570. The van der Waals surface area contributed by atoms with Crippen molar-refractivity contribution in [1.29, 1.82) is 0 Å². The van der Waals surface area contributed by atoms with Crippen LogP contribution in [0.25, 0.3) is 10.9 Å². The molecule has 144 valence electrons. The third-order valence-electron chi connectivity index (χ3n) is 4.57. The average Bonchev–Trinajstić information content (AvgIpc) is 2.74. The molecule has 0 aliphatic carbocycles. The van der Waals surface area contributed by atoms with Gasteiger partial charge in [0.25, 0.3) is 5.56 Å². The highest BCUT2D eigenvalue weighted by Crippen LogP contribution is 2.26. The van der Waals surface area contributed by atoms with E-state index in [-0.39, 0.29) is 18.0 Å². The summed E-state index contributed by atoms with van der Waals surface area (Å²) in [7, 11) is 0. The first-order chi connectivity index (χ1) is 14.1. The minimum absolute atomic E-state index is 0.146. The monoisotopic (exact) mass is 404 g/mol. The number of aromatic amines is 1. The molecule has 0 fully saturated rings. The second-order valence-corrected chi connectivity index (χ2v) is 6.97. The zero-order valence-corrected chi connectivity index (χ0v) is 16.1. The van der Waals surface area contributed by atoms with Gasteiger partial charge in [0.05, 0.1) is 10.9 Å². The zero-order valence-electron chi connectivity index (χ0n) is 15.3. The maximum absolute atomic E-state index is 13.0. The molecule has 0 radical (unpaired) electrons. The second-order valence-electron chi connectivity index (χ2n) is 6.54. The Morgan fingerprint density at radius 3 is 2.21 bits per heavy atom. The van der Waals surface area contributed by atoms with E-state index in [4.69, 9.17) is 16.3 Å². The smallest absolute Gasteiger partial charge is 0.318 e. The summed E-state index contributed by atoms with van der Waals surface area (Å²) in [6.07, 6.45) is 0. The molecule has 4 rings (SSSR count). The highest BCUT2D eigenvalue weighted by Gasteiger charge is 2.24. The Kier molecular flexibility index (Phi) is 5.40. The van der Waals surface area contributed by atoms with E-state index < -0.39 is 11.9 Å². The van der Waals surface area contributed by atoms with Gasteiger partial charge in [-0.05, 0) is 29.3 Å². The van der Waals surface area contributed by atoms with E-state index in [1.165, 1.54) is 0 Å². The summed E-state index contributed by atoms with van der Waals surface area (Å²) in [5.74, 6) is -0.728. The maximum Gasteiger partial charge on any atom is 0.318 e. The number of ether oxygens (including phenoxy) is 1. The third-order valence-corrected chi connectivity index (χ3v) is 4.81. The summed E-state index contributed by atoms with van der Waals surface area (Å²) in [6.45, 7) is -0.146. The zero-order chi connectivity index (χ0) is 20.2. The van der Waals surface area contributed by atoms with Gasteiger partial charge in [-0.2, -0.15) is 0 Å². The first kappa shape index (κ1) is 18.9. The van der Waals surface area contributed by atoms with Crippen molar-refractivity contribution < 1.29 is 9.53 Å². The van der Waals surface area contributed by atoms with Crippen LogP contribution in [0.2, 0.25) is 5.02 Å². The summed E-state index contributed by atoms with van der Waals surface area (Å²) < 4.78 is 5.53. The summed E-state index contributed by atoms with van der Waals surface area (Å²) in [5, 5.41) is 0.905. The van der Waals surface area contributed by atoms with Crippen molar-refractivity contribution in [2.75, 3.05) is 0 Å². The van der Waals surface area contributed by atoms with Crippen molar-refractivity contribution >= 4 is 28.5 Å². The first-order valence-corrected chi connectivity index (χ1v) is 9.44. The number of rotatable bonds is 5. The van der Waals surface area contributed by atoms with Crippen LogP contribution in [0.1, 0.15) is 22.9 Å². The Balaban J connectivity index is 1.60. The van der Waals surface area contributed by atoms with Crippen molar-refractivity contribution in [3.8, 4) is 0 Å². The van der Waals surface area contributed by atoms with Gasteiger partial charge in [0.15, 0.2) is 0 Å². The van der Waals surface area contributed by atoms with Gasteiger partial charge in [0, 0.05) is 5.02 Å². The van der Waals surface area contributed by atoms with Crippen molar-refractivity contribution in [1.82, 2.24) is 9.97 Å². The van der Waals surface area contributed by atoms with Gasteiger partial charge in [-0.1, -0.05) is 72.3 Å². The second kappa shape index (κ2) is 8.29. The predicted molar refractivity (Wildman–Crippen MR) is 112 cm³/mol. The van der Waals surface area contributed by atoms with Gasteiger partial charge in [0.1, 0.15) is 18.3 Å². The summed E-state index contributed by atoms with van der Waals surface area (Å²) in [6, 6.07) is 23.7. The molecule has 0 bridgehead atoms. The fourth-order valence-electron chi connectivity index (χ4n) is 3.21. The van der Waals surface area contributed by atoms with Gasteiger partial charge in [-0.3, -0.25) is 9.59 Å². The molecular weight excluding hydrogens is 388 g/mol. The number of H-pyrrole nitrogens is 1. The average molecular weight is 405 g/mol. The molecule has 0 atom stereocenters. The quantitative estimate of drug-likeness (QED) is 0.499. The van der Waals surface area contributed by atoms with Gasteiger partial charge >= 0.3 is 5.97 Å². The number of carbonyl (C=O) groups excluding carboxylic acids is 1. The molecule has 0 saturated heterocycles. The van der Waals surface area contributed by atoms with Crippen LogP contribution < -0.4 is 5.56 Å². The molecule has 1 N–H and O–H groups in total. The Hall–Kier alpha value is -3.44. The number of halogens is 1. The molecule has 0 amide bonds. The number of hydrogen-bond acceptors (Lipinski definition) is 4. The molecule has 0 unspecified atom stereocenters. The fraction of sp³-hybridized carbons (Fsp3) is 0.0870. The van der Waals surface area contributed by atoms with Crippen LogP contribution in [0.15, 0.2) is 83.7 Å². The first-order valence-electron chi connectivity index (χ1n) is 9.07. The van der Waals surface area contributed by atoms with Gasteiger partial charge in [-0.15, -0.1) is 0 Å². The number of nitrogens with zero attached hydrogens (tertiary/aromatic N) is 1. The summed E-state index contributed by atoms with van der Waals surface area (Å²) >= 11 is 5.99. The summed E-state index contributed by atoms with van der Waals surface area (Å²) in [5.41, 5.74) is 1.81. The van der Waals surface area contributed by atoms with Crippen LogP contribution in [-0.4, -0.2) is 15.9 Å². The molecule has 5 nitrogen and oxygen atoms in total. The van der Waals surface area contributed by atoms with Crippen LogP contribution in [0.3, 0.4) is 0 Å². The van der Waals surface area contributed by atoms with Gasteiger partial charge in [-0.25, -0.2) is 4.98 Å². The third kappa shape index (κ3) is 4.20. The minimum Gasteiger partial charge on any atom is -0.457 e. The molecule has 29 heavy (non-hydrogen) atoms. The molecule has 3 aromatic carbocycles. The lowest BCUT2D eigenvalue weighted by Crippen LogP contribution is -2.19. The van der Waals surface area contributed by atoms with Gasteiger partial charge < -0.3 is 9.72 Å². The number of carbonyl (C=O) groups is 1. The highest BCUT2D eigenvalue weighted by molar-refractivity contribution is 6.31. The van der Waals surface area contributed by atoms with E-state index in [9.17, 15) is 9.59 Å². The Labute approximate surface area is 172 Å². The Bertz CT molecular complexity index is 1170. The van der Waals surface area contributed by atoms with E-state index in [1.54, 1.807) is 18.2 Å². The van der Waals surface area contributed by atoms with Gasteiger partial charge in [0.2, 0.25) is 0 Å². The highest BCUT2D eigenvalue weighted by atomic mass is 35.5. The van der Waals surface area contributed by atoms with Crippen molar-refractivity contribution in [3.63, 3.8) is 0 Å². The molecule has 0 aliphatic rings. The van der Waals surface area contributed by atoms with E-state index >= 15 is 0 Å². The molecule has 4 aromatic rings. The van der Waals surface area contributed by atoms with E-state index in [2.05, 4.69) is 9.97 Å². The number of hydrogen-bond donors (Lipinski definition) is 1. The predicted octanol–water partition coefficient (Wildman–Crippen LogP) is 4.45. The van der Waals surface area contributed by atoms with Crippen LogP contribution in [0.4, 0.5) is 0 Å². The van der Waals surface area contributed by atoms with Crippen LogP contribution >= 0.6 is 11.6 Å². The lowest BCUT2D eigenvalue weighted by molar-refractivity contribution is -0.146. The number of nitrogens with one attached hydrogen (secondary N) is 1. The fourth-order valence-corrected chi connectivity index (χ4v) is 3.37. The van der Waals surface area contributed by atoms with Crippen LogP contribution in [0.5, 0.6) is 0 Å². The van der Waals surface area contributed by atoms with Crippen molar-refractivity contribution in [2.24, 2.45) is 0 Å². The number of esters is 1. The molecular formula is C23H17ClN2O3. The summed E-state index contributed by atoms with van der Waals surface area (Å²) in [4.78, 5) is 32.2. The number of fused-ring (bicyclic) bond motifs is 1. The van der Waals surface area contributed by atoms with E-state index in [1.807, 2.05) is 60.7 Å². The lowest BCUT2D eigenvalue weighted by atomic mass is 9.91. The van der Waals surface area contributed by atoms with E-state index in [0.29, 0.717) is 15.9 Å². The maximum atomic E-state index is 13.0. The van der Waals surface area contributed by atoms with E-state index in [0.717, 1.165) is 11.1 Å². The number of benzene rings is 3. The SMILES string of the molecule is O=C(OCc1nc2cc(Cl)ccc2c(=O)[nH]1)C(c1ccccc1)c1ccccc1. The molecule has 0 spiro atoms. The number of aromatic nitrogens is 2. The standard InChI is InChI=1S/C23H17ClN2O3/c24-17-11-12-18-19(13-17)25-20(26-22(18)27)14-29-23(28)21(15-7-3-1-4-8-15)16-9-5-2-6-10-16/h1-13,21H,14H2,(H,25,26,27). The van der Waals surface area contributed by atoms with Crippen LogP contribution in [-0.2, 0) is 16.1 Å². The van der Waals surface area contributed by atoms with Crippen molar-refractivity contribution in [3.05, 3.63) is 111 Å². The molecule has 1 aromatic heterocycles.